The monoisotopic (exact) mass is 118 g/mol. The number of aryl methyl sites for hydroxylation is 2. The largest absolute Gasteiger partial charge is 0.139 e. The van der Waals surface area contributed by atoms with E-state index in [9.17, 15) is 0 Å². The Kier molecular flexibility index (Phi) is 1.61. The Hall–Kier alpha value is -0.715. The molecule has 0 aromatic heterocycles. The van der Waals surface area contributed by atoms with Crippen LogP contribution in [-0.2, 0) is 0 Å². The molecule has 0 heterocycles. The van der Waals surface area contributed by atoms with Crippen LogP contribution < -0.4 is 5.46 Å². The second-order valence-electron chi connectivity index (χ2n) is 2.52. The van der Waals surface area contributed by atoms with Crippen molar-refractivity contribution in [2.75, 3.05) is 0 Å². The molecule has 0 aliphatic rings. The molecule has 1 rings (SSSR count). The molecule has 9 heavy (non-hydrogen) atoms. The SMILES string of the molecule is Bc1c(C)cccc1C. The molecule has 0 atom stereocenters. The predicted molar refractivity (Wildman–Crippen MR) is 44.1 cm³/mol. The minimum Gasteiger partial charge on any atom is -0.0832 e. The standard InChI is InChI=1S/C8H11B/c1-6-4-3-5-7(2)8(6)9/h3-5H,9H2,1-2H3. The van der Waals surface area contributed by atoms with E-state index in [1.165, 1.54) is 16.6 Å². The first-order valence-corrected chi connectivity index (χ1v) is 3.24. The summed E-state index contributed by atoms with van der Waals surface area (Å²) in [6.45, 7) is 4.28. The molecule has 0 spiro atoms. The number of hydrogen-bond acceptors (Lipinski definition) is 0. The van der Waals surface area contributed by atoms with Gasteiger partial charge in [0.15, 0.2) is 0 Å². The van der Waals surface area contributed by atoms with Crippen LogP contribution in [0, 0.1) is 13.8 Å². The van der Waals surface area contributed by atoms with Gasteiger partial charge in [-0.1, -0.05) is 34.8 Å². The zero-order valence-electron chi connectivity index (χ0n) is 6.23. The van der Waals surface area contributed by atoms with Crippen LogP contribution in [0.2, 0.25) is 0 Å². The third-order valence-corrected chi connectivity index (χ3v) is 1.88. The first-order chi connectivity index (χ1) is 4.22. The zero-order valence-corrected chi connectivity index (χ0v) is 6.23. The molecule has 0 nitrogen and oxygen atoms in total. The van der Waals surface area contributed by atoms with E-state index >= 15 is 0 Å². The first kappa shape index (κ1) is 6.41. The van der Waals surface area contributed by atoms with Crippen molar-refractivity contribution >= 4 is 13.3 Å². The number of benzene rings is 1. The van der Waals surface area contributed by atoms with Crippen molar-refractivity contribution in [2.45, 2.75) is 13.8 Å². The second kappa shape index (κ2) is 2.26. The van der Waals surface area contributed by atoms with E-state index in [1.807, 2.05) is 0 Å². The van der Waals surface area contributed by atoms with Crippen molar-refractivity contribution in [1.29, 1.82) is 0 Å². The molecular formula is C8H11B. The highest BCUT2D eigenvalue weighted by Crippen LogP contribution is 1.96. The highest BCUT2D eigenvalue weighted by atomic mass is 13.9. The van der Waals surface area contributed by atoms with Crippen LogP contribution in [-0.4, -0.2) is 7.85 Å². The van der Waals surface area contributed by atoms with Gasteiger partial charge in [0.25, 0.3) is 0 Å². The smallest absolute Gasteiger partial charge is 0.0832 e. The van der Waals surface area contributed by atoms with Crippen molar-refractivity contribution in [1.82, 2.24) is 0 Å². The van der Waals surface area contributed by atoms with E-state index in [-0.39, 0.29) is 0 Å². The summed E-state index contributed by atoms with van der Waals surface area (Å²) >= 11 is 0. The van der Waals surface area contributed by atoms with Gasteiger partial charge in [-0.05, 0) is 13.8 Å². The maximum Gasteiger partial charge on any atom is 0.139 e. The van der Waals surface area contributed by atoms with Gasteiger partial charge in [0.2, 0.25) is 0 Å². The summed E-state index contributed by atoms with van der Waals surface area (Å²) in [5.41, 5.74) is 4.18. The molecule has 0 unspecified atom stereocenters. The average Bonchev–Trinajstić information content (AvgIpc) is 1.83. The number of hydrogen-bond donors (Lipinski definition) is 0. The van der Waals surface area contributed by atoms with Gasteiger partial charge in [0.1, 0.15) is 7.85 Å². The Bertz CT molecular complexity index is 196. The van der Waals surface area contributed by atoms with E-state index in [2.05, 4.69) is 39.9 Å². The summed E-state index contributed by atoms with van der Waals surface area (Å²) in [7, 11) is 2.16. The molecule has 0 fully saturated rings. The normalized spacial score (nSPS) is 9.56. The van der Waals surface area contributed by atoms with Crippen LogP contribution in [0.3, 0.4) is 0 Å². The number of rotatable bonds is 0. The molecule has 0 N–H and O–H groups in total. The van der Waals surface area contributed by atoms with Gasteiger partial charge in [0, 0.05) is 0 Å². The van der Waals surface area contributed by atoms with Gasteiger partial charge in [-0.3, -0.25) is 0 Å². The summed E-state index contributed by atoms with van der Waals surface area (Å²) in [4.78, 5) is 0. The van der Waals surface area contributed by atoms with Crippen LogP contribution in [0.4, 0.5) is 0 Å². The molecule has 0 saturated carbocycles. The molecule has 1 heteroatoms. The zero-order chi connectivity index (χ0) is 6.85. The molecule has 1 aromatic carbocycles. The Morgan fingerprint density at radius 3 is 1.89 bits per heavy atom. The first-order valence-electron chi connectivity index (χ1n) is 3.24. The van der Waals surface area contributed by atoms with E-state index in [1.54, 1.807) is 0 Å². The topological polar surface area (TPSA) is 0 Å². The van der Waals surface area contributed by atoms with Crippen LogP contribution in [0.25, 0.3) is 0 Å². The maximum atomic E-state index is 2.16. The van der Waals surface area contributed by atoms with Crippen molar-refractivity contribution in [3.05, 3.63) is 29.3 Å². The van der Waals surface area contributed by atoms with Gasteiger partial charge < -0.3 is 0 Å². The lowest BCUT2D eigenvalue weighted by Gasteiger charge is -2.01. The van der Waals surface area contributed by atoms with Crippen molar-refractivity contribution in [3.8, 4) is 0 Å². The highest BCUT2D eigenvalue weighted by molar-refractivity contribution is 6.34. The van der Waals surface area contributed by atoms with Crippen molar-refractivity contribution < 1.29 is 0 Å². The lowest BCUT2D eigenvalue weighted by molar-refractivity contribution is 1.43. The summed E-state index contributed by atoms with van der Waals surface area (Å²) in [5.74, 6) is 0. The molecule has 0 amide bonds. The van der Waals surface area contributed by atoms with Gasteiger partial charge in [-0.15, -0.1) is 0 Å². The van der Waals surface area contributed by atoms with E-state index in [4.69, 9.17) is 0 Å². The van der Waals surface area contributed by atoms with Gasteiger partial charge >= 0.3 is 0 Å². The minimum absolute atomic E-state index is 1.38. The summed E-state index contributed by atoms with van der Waals surface area (Å²) in [5, 5.41) is 0. The molecule has 46 valence electrons. The molecule has 1 aromatic rings. The Balaban J connectivity index is 3.25. The van der Waals surface area contributed by atoms with Crippen molar-refractivity contribution in [3.63, 3.8) is 0 Å². The quantitative estimate of drug-likeness (QED) is 0.436. The molecular weight excluding hydrogens is 107 g/mol. The maximum absolute atomic E-state index is 2.16. The van der Waals surface area contributed by atoms with Gasteiger partial charge in [0.05, 0.1) is 0 Å². The minimum atomic E-state index is 1.38. The third-order valence-electron chi connectivity index (χ3n) is 1.88. The predicted octanol–water partition coefficient (Wildman–Crippen LogP) is 0.562. The van der Waals surface area contributed by atoms with E-state index in [0.29, 0.717) is 0 Å². The molecule has 0 bridgehead atoms. The van der Waals surface area contributed by atoms with Gasteiger partial charge in [-0.2, -0.15) is 0 Å². The van der Waals surface area contributed by atoms with Gasteiger partial charge in [-0.25, -0.2) is 0 Å². The molecule has 0 radical (unpaired) electrons. The fourth-order valence-electron chi connectivity index (χ4n) is 0.898. The van der Waals surface area contributed by atoms with Crippen LogP contribution in [0.15, 0.2) is 18.2 Å². The lowest BCUT2D eigenvalue weighted by Crippen LogP contribution is -2.10. The third kappa shape index (κ3) is 1.15. The Morgan fingerprint density at radius 2 is 1.56 bits per heavy atom. The molecule has 0 saturated heterocycles. The summed E-state index contributed by atoms with van der Waals surface area (Å²) in [6, 6.07) is 6.38. The highest BCUT2D eigenvalue weighted by Gasteiger charge is 1.91. The Labute approximate surface area is 57.3 Å². The van der Waals surface area contributed by atoms with Crippen LogP contribution in [0.1, 0.15) is 11.1 Å². The molecule has 0 aliphatic carbocycles. The lowest BCUT2D eigenvalue weighted by atomic mass is 9.87. The van der Waals surface area contributed by atoms with E-state index in [0.717, 1.165) is 0 Å². The van der Waals surface area contributed by atoms with Crippen LogP contribution in [0.5, 0.6) is 0 Å². The summed E-state index contributed by atoms with van der Waals surface area (Å²) < 4.78 is 0. The van der Waals surface area contributed by atoms with Crippen molar-refractivity contribution in [2.24, 2.45) is 0 Å². The second-order valence-corrected chi connectivity index (χ2v) is 2.52. The average molecular weight is 118 g/mol. The summed E-state index contributed by atoms with van der Waals surface area (Å²) in [6.07, 6.45) is 0. The van der Waals surface area contributed by atoms with Crippen LogP contribution >= 0.6 is 0 Å². The molecule has 0 aliphatic heterocycles. The fourth-order valence-corrected chi connectivity index (χ4v) is 0.898. The fraction of sp³-hybridized carbons (Fsp3) is 0.250. The van der Waals surface area contributed by atoms with E-state index < -0.39 is 0 Å². The Morgan fingerprint density at radius 1 is 1.11 bits per heavy atom.